The first kappa shape index (κ1) is 6.70. The minimum atomic E-state index is -0.0532. The first-order valence-electron chi connectivity index (χ1n) is 2.70. The average Bonchev–Trinajstić information content (AvgIpc) is 1.88. The van der Waals surface area contributed by atoms with E-state index in [0.29, 0.717) is 5.69 Å². The summed E-state index contributed by atoms with van der Waals surface area (Å²) in [6.45, 7) is 0. The predicted molar refractivity (Wildman–Crippen MR) is 37.3 cm³/mol. The normalized spacial score (nSPS) is 9.30. The topological polar surface area (TPSA) is 81.5 Å². The molecule has 0 radical (unpaired) electrons. The fraction of sp³-hybridized carbons (Fsp3) is 0. The van der Waals surface area contributed by atoms with Gasteiger partial charge in [-0.05, 0) is 12.1 Å². The molecule has 0 amide bonds. The number of nitrogens with two attached hydrogens (primary N) is 2. The van der Waals surface area contributed by atoms with E-state index in [4.69, 9.17) is 16.7 Å². The maximum Gasteiger partial charge on any atom is 0.211 e. The van der Waals surface area contributed by atoms with Gasteiger partial charge in [-0.3, -0.25) is 0 Å². The Balaban J connectivity index is 3.17. The lowest BCUT2D eigenvalue weighted by Gasteiger charge is -2.03. The Hall–Kier alpha value is -1.42. The summed E-state index contributed by atoms with van der Waals surface area (Å²) in [7, 11) is 0. The van der Waals surface area contributed by atoms with Crippen molar-refractivity contribution >= 4 is 5.69 Å². The zero-order chi connectivity index (χ0) is 7.56. The third-order valence-electron chi connectivity index (χ3n) is 1.14. The zero-order valence-electron chi connectivity index (χ0n) is 5.24. The lowest BCUT2D eigenvalue weighted by molar-refractivity contribution is 0.314. The van der Waals surface area contributed by atoms with Crippen molar-refractivity contribution in [1.29, 1.82) is 0 Å². The van der Waals surface area contributed by atoms with Crippen molar-refractivity contribution in [1.82, 2.24) is 0 Å². The number of anilines is 1. The molecule has 5 N–H and O–H groups in total. The van der Waals surface area contributed by atoms with Crippen LogP contribution in [0.2, 0.25) is 0 Å². The standard InChI is InChI=1S/C6H8N2O2/c7-4-2-1-3-5(9)6(4)10-8/h1-3,9H,7-8H2. The van der Waals surface area contributed by atoms with Gasteiger partial charge in [0, 0.05) is 0 Å². The van der Waals surface area contributed by atoms with Gasteiger partial charge >= 0.3 is 0 Å². The summed E-state index contributed by atoms with van der Waals surface area (Å²) in [6.07, 6.45) is 0. The fourth-order valence-electron chi connectivity index (χ4n) is 0.671. The summed E-state index contributed by atoms with van der Waals surface area (Å²) in [5.74, 6) is 4.87. The van der Waals surface area contributed by atoms with Crippen LogP contribution < -0.4 is 16.5 Å². The molecule has 0 aliphatic rings. The van der Waals surface area contributed by atoms with E-state index < -0.39 is 0 Å². The summed E-state index contributed by atoms with van der Waals surface area (Å²) in [4.78, 5) is 4.30. The molecule has 1 aromatic rings. The summed E-state index contributed by atoms with van der Waals surface area (Å²) in [5, 5.41) is 9.01. The summed E-state index contributed by atoms with van der Waals surface area (Å²) in [5.41, 5.74) is 5.69. The summed E-state index contributed by atoms with van der Waals surface area (Å²) in [6, 6.07) is 4.63. The lowest BCUT2D eigenvalue weighted by Crippen LogP contribution is -2.04. The van der Waals surface area contributed by atoms with E-state index in [1.54, 1.807) is 12.1 Å². The van der Waals surface area contributed by atoms with Crippen LogP contribution in [0.25, 0.3) is 0 Å². The van der Waals surface area contributed by atoms with Gasteiger partial charge in [0.2, 0.25) is 5.75 Å². The maximum absolute atomic E-state index is 9.01. The third-order valence-corrected chi connectivity index (χ3v) is 1.14. The van der Waals surface area contributed by atoms with Crippen LogP contribution >= 0.6 is 0 Å². The van der Waals surface area contributed by atoms with Gasteiger partial charge in [-0.15, -0.1) is 0 Å². The molecule has 1 aromatic carbocycles. The van der Waals surface area contributed by atoms with E-state index in [9.17, 15) is 0 Å². The molecule has 0 saturated heterocycles. The number of para-hydroxylation sites is 1. The number of rotatable bonds is 1. The van der Waals surface area contributed by atoms with Crippen molar-refractivity contribution in [3.05, 3.63) is 18.2 Å². The number of benzene rings is 1. The van der Waals surface area contributed by atoms with Crippen LogP contribution in [0.3, 0.4) is 0 Å². The first-order chi connectivity index (χ1) is 4.75. The number of nitrogen functional groups attached to an aromatic ring is 1. The molecule has 0 heterocycles. The molecular weight excluding hydrogens is 132 g/mol. The SMILES string of the molecule is NOc1c(N)cccc1O. The summed E-state index contributed by atoms with van der Waals surface area (Å²) >= 11 is 0. The van der Waals surface area contributed by atoms with Crippen molar-refractivity contribution < 1.29 is 9.94 Å². The number of hydrogen-bond donors (Lipinski definition) is 3. The van der Waals surface area contributed by atoms with E-state index in [-0.39, 0.29) is 11.5 Å². The minimum Gasteiger partial charge on any atom is -0.504 e. The van der Waals surface area contributed by atoms with E-state index in [2.05, 4.69) is 4.84 Å². The molecule has 0 aliphatic carbocycles. The fourth-order valence-corrected chi connectivity index (χ4v) is 0.671. The van der Waals surface area contributed by atoms with Crippen LogP contribution in [0.4, 0.5) is 5.69 Å². The molecule has 0 fully saturated rings. The second-order valence-corrected chi connectivity index (χ2v) is 1.81. The van der Waals surface area contributed by atoms with Crippen molar-refractivity contribution in [2.75, 3.05) is 5.73 Å². The molecule has 0 aliphatic heterocycles. The first-order valence-corrected chi connectivity index (χ1v) is 2.70. The van der Waals surface area contributed by atoms with E-state index in [1.165, 1.54) is 6.07 Å². The predicted octanol–water partition coefficient (Wildman–Crippen LogP) is 0.227. The smallest absolute Gasteiger partial charge is 0.211 e. The van der Waals surface area contributed by atoms with Gasteiger partial charge in [-0.1, -0.05) is 6.07 Å². The Morgan fingerprint density at radius 1 is 1.40 bits per heavy atom. The van der Waals surface area contributed by atoms with Gasteiger partial charge in [0.05, 0.1) is 5.69 Å². The second-order valence-electron chi connectivity index (χ2n) is 1.81. The van der Waals surface area contributed by atoms with Crippen LogP contribution in [0.5, 0.6) is 11.5 Å². The second kappa shape index (κ2) is 2.45. The molecule has 0 unspecified atom stereocenters. The maximum atomic E-state index is 9.01. The molecule has 0 saturated carbocycles. The Kier molecular flexibility index (Phi) is 1.64. The molecule has 4 heteroatoms. The van der Waals surface area contributed by atoms with Crippen molar-refractivity contribution in [2.24, 2.45) is 5.90 Å². The molecule has 0 bridgehead atoms. The Morgan fingerprint density at radius 2 is 2.10 bits per heavy atom. The number of aromatic hydroxyl groups is 1. The molecule has 0 aromatic heterocycles. The Bertz CT molecular complexity index is 217. The molecule has 1 rings (SSSR count). The zero-order valence-corrected chi connectivity index (χ0v) is 5.24. The van der Waals surface area contributed by atoms with Gasteiger partial charge < -0.3 is 15.7 Å². The quantitative estimate of drug-likeness (QED) is 0.385. The van der Waals surface area contributed by atoms with Gasteiger partial charge in [0.1, 0.15) is 0 Å². The minimum absolute atomic E-state index is 0.0532. The van der Waals surface area contributed by atoms with Gasteiger partial charge in [0.15, 0.2) is 5.75 Å². The van der Waals surface area contributed by atoms with E-state index in [1.807, 2.05) is 0 Å². The van der Waals surface area contributed by atoms with Crippen molar-refractivity contribution in [2.45, 2.75) is 0 Å². The van der Waals surface area contributed by atoms with Crippen LogP contribution in [-0.2, 0) is 0 Å². The molecule has 4 nitrogen and oxygen atoms in total. The molecule has 10 heavy (non-hydrogen) atoms. The van der Waals surface area contributed by atoms with E-state index >= 15 is 0 Å². The number of phenolic OH excluding ortho intramolecular Hbond substituents is 1. The van der Waals surface area contributed by atoms with Gasteiger partial charge in [0.25, 0.3) is 0 Å². The molecule has 54 valence electrons. The van der Waals surface area contributed by atoms with E-state index in [0.717, 1.165) is 0 Å². The highest BCUT2D eigenvalue weighted by molar-refractivity contribution is 5.59. The van der Waals surface area contributed by atoms with Crippen LogP contribution in [0.15, 0.2) is 18.2 Å². The number of phenols is 1. The highest BCUT2D eigenvalue weighted by atomic mass is 16.6. The monoisotopic (exact) mass is 140 g/mol. The van der Waals surface area contributed by atoms with Crippen molar-refractivity contribution in [3.63, 3.8) is 0 Å². The lowest BCUT2D eigenvalue weighted by atomic mass is 10.3. The molecular formula is C6H8N2O2. The third kappa shape index (κ3) is 0.964. The highest BCUT2D eigenvalue weighted by Crippen LogP contribution is 2.30. The van der Waals surface area contributed by atoms with Crippen molar-refractivity contribution in [3.8, 4) is 11.5 Å². The summed E-state index contributed by atoms with van der Waals surface area (Å²) < 4.78 is 0. The van der Waals surface area contributed by atoms with Crippen LogP contribution in [-0.4, -0.2) is 5.11 Å². The van der Waals surface area contributed by atoms with Crippen LogP contribution in [0.1, 0.15) is 0 Å². The Labute approximate surface area is 58.0 Å². The molecule has 0 spiro atoms. The average molecular weight is 140 g/mol. The largest absolute Gasteiger partial charge is 0.504 e. The Morgan fingerprint density at radius 3 is 2.50 bits per heavy atom. The molecule has 0 atom stereocenters. The van der Waals surface area contributed by atoms with Gasteiger partial charge in [-0.25, -0.2) is 0 Å². The van der Waals surface area contributed by atoms with Gasteiger partial charge in [-0.2, -0.15) is 5.90 Å². The number of hydrogen-bond acceptors (Lipinski definition) is 4. The van der Waals surface area contributed by atoms with Crippen LogP contribution in [0, 0.1) is 0 Å². The highest BCUT2D eigenvalue weighted by Gasteiger charge is 2.03.